The molecule has 21 heavy (non-hydrogen) atoms. The van der Waals surface area contributed by atoms with Gasteiger partial charge in [-0.2, -0.15) is 0 Å². The van der Waals surface area contributed by atoms with Gasteiger partial charge in [0.15, 0.2) is 0 Å². The molecule has 0 aromatic heterocycles. The predicted molar refractivity (Wildman–Crippen MR) is 82.9 cm³/mol. The number of benzene rings is 1. The first kappa shape index (κ1) is 16.1. The van der Waals surface area contributed by atoms with Crippen LogP contribution in [0.5, 0.6) is 5.75 Å². The van der Waals surface area contributed by atoms with E-state index in [1.807, 2.05) is 13.0 Å². The number of methoxy groups -OCH3 is 1. The SMILES string of the molecule is COc1cc(Cl)c(C)cc1NC(=O)C1(CN)CCOCC1. The fourth-order valence-corrected chi connectivity index (χ4v) is 2.62. The third kappa shape index (κ3) is 3.31. The molecule has 6 heteroatoms. The number of nitrogens with one attached hydrogen (secondary N) is 1. The lowest BCUT2D eigenvalue weighted by atomic mass is 9.79. The maximum atomic E-state index is 12.6. The molecular weight excluding hydrogens is 292 g/mol. The van der Waals surface area contributed by atoms with Crippen LogP contribution in [0.1, 0.15) is 18.4 Å². The average Bonchev–Trinajstić information content (AvgIpc) is 2.51. The zero-order valence-corrected chi connectivity index (χ0v) is 13.1. The summed E-state index contributed by atoms with van der Waals surface area (Å²) in [7, 11) is 1.55. The highest BCUT2D eigenvalue weighted by Crippen LogP contribution is 2.35. The van der Waals surface area contributed by atoms with Crippen molar-refractivity contribution in [1.29, 1.82) is 0 Å². The number of carbonyl (C=O) groups excluding carboxylic acids is 1. The average molecular weight is 313 g/mol. The number of ether oxygens (including phenoxy) is 2. The van der Waals surface area contributed by atoms with Gasteiger partial charge in [0, 0.05) is 30.8 Å². The van der Waals surface area contributed by atoms with Crippen LogP contribution in [0.25, 0.3) is 0 Å². The molecule has 5 nitrogen and oxygen atoms in total. The van der Waals surface area contributed by atoms with Crippen molar-refractivity contribution in [2.45, 2.75) is 19.8 Å². The summed E-state index contributed by atoms with van der Waals surface area (Å²) in [6.07, 6.45) is 1.26. The number of hydrogen-bond acceptors (Lipinski definition) is 4. The second-order valence-corrected chi connectivity index (χ2v) is 5.76. The lowest BCUT2D eigenvalue weighted by Gasteiger charge is -2.34. The Bertz CT molecular complexity index is 528. The lowest BCUT2D eigenvalue weighted by Crippen LogP contribution is -2.46. The van der Waals surface area contributed by atoms with Crippen molar-refractivity contribution in [3.05, 3.63) is 22.7 Å². The van der Waals surface area contributed by atoms with Gasteiger partial charge in [0.05, 0.1) is 18.2 Å². The Morgan fingerprint density at radius 2 is 2.14 bits per heavy atom. The maximum Gasteiger partial charge on any atom is 0.232 e. The molecule has 1 fully saturated rings. The zero-order chi connectivity index (χ0) is 15.5. The number of nitrogens with two attached hydrogens (primary N) is 1. The monoisotopic (exact) mass is 312 g/mol. The Hall–Kier alpha value is -1.30. The third-order valence-electron chi connectivity index (χ3n) is 4.05. The highest BCUT2D eigenvalue weighted by atomic mass is 35.5. The van der Waals surface area contributed by atoms with Crippen molar-refractivity contribution in [1.82, 2.24) is 0 Å². The largest absolute Gasteiger partial charge is 0.495 e. The Morgan fingerprint density at radius 3 is 2.71 bits per heavy atom. The Labute approximate surface area is 129 Å². The summed E-state index contributed by atoms with van der Waals surface area (Å²) < 4.78 is 10.6. The zero-order valence-electron chi connectivity index (χ0n) is 12.4. The van der Waals surface area contributed by atoms with E-state index in [4.69, 9.17) is 26.8 Å². The van der Waals surface area contributed by atoms with E-state index in [1.54, 1.807) is 13.2 Å². The molecule has 0 spiro atoms. The minimum atomic E-state index is -0.573. The Morgan fingerprint density at radius 1 is 1.48 bits per heavy atom. The van der Waals surface area contributed by atoms with Crippen LogP contribution >= 0.6 is 11.6 Å². The van der Waals surface area contributed by atoms with Crippen molar-refractivity contribution in [2.75, 3.05) is 32.2 Å². The molecule has 0 bridgehead atoms. The molecule has 0 saturated carbocycles. The molecule has 2 rings (SSSR count). The standard InChI is InChI=1S/C15H21ClN2O3/c1-10-7-12(13(20-2)8-11(10)16)18-14(19)15(9-17)3-5-21-6-4-15/h7-8H,3-6,9,17H2,1-2H3,(H,18,19). The summed E-state index contributed by atoms with van der Waals surface area (Å²) in [6, 6.07) is 3.51. The molecule has 1 aliphatic rings. The van der Waals surface area contributed by atoms with Crippen molar-refractivity contribution in [2.24, 2.45) is 11.1 Å². The highest BCUT2D eigenvalue weighted by molar-refractivity contribution is 6.31. The van der Waals surface area contributed by atoms with Gasteiger partial charge < -0.3 is 20.5 Å². The van der Waals surface area contributed by atoms with E-state index in [0.29, 0.717) is 49.1 Å². The van der Waals surface area contributed by atoms with Gasteiger partial charge in [0.25, 0.3) is 0 Å². The van der Waals surface area contributed by atoms with Crippen LogP contribution in [-0.2, 0) is 9.53 Å². The lowest BCUT2D eigenvalue weighted by molar-refractivity contribution is -0.130. The second kappa shape index (κ2) is 6.64. The number of aryl methyl sites for hydroxylation is 1. The molecule has 0 unspecified atom stereocenters. The molecule has 0 atom stereocenters. The number of rotatable bonds is 4. The van der Waals surface area contributed by atoms with E-state index in [-0.39, 0.29) is 5.91 Å². The number of anilines is 1. The first-order valence-corrected chi connectivity index (χ1v) is 7.33. The van der Waals surface area contributed by atoms with Gasteiger partial charge in [-0.05, 0) is 31.4 Å². The summed E-state index contributed by atoms with van der Waals surface area (Å²) in [5, 5.41) is 3.53. The van der Waals surface area contributed by atoms with Crippen LogP contribution in [0.15, 0.2) is 12.1 Å². The van der Waals surface area contributed by atoms with E-state index in [1.165, 1.54) is 0 Å². The number of halogens is 1. The highest BCUT2D eigenvalue weighted by Gasteiger charge is 2.39. The molecule has 3 N–H and O–H groups in total. The fourth-order valence-electron chi connectivity index (χ4n) is 2.47. The minimum Gasteiger partial charge on any atom is -0.495 e. The van der Waals surface area contributed by atoms with Gasteiger partial charge in [-0.3, -0.25) is 4.79 Å². The third-order valence-corrected chi connectivity index (χ3v) is 4.46. The molecule has 1 amide bonds. The van der Waals surface area contributed by atoms with E-state index in [0.717, 1.165) is 5.56 Å². The van der Waals surface area contributed by atoms with Crippen LogP contribution in [0.2, 0.25) is 5.02 Å². The summed E-state index contributed by atoms with van der Waals surface area (Å²) in [6.45, 7) is 3.30. The first-order chi connectivity index (χ1) is 10.0. The van der Waals surface area contributed by atoms with E-state index >= 15 is 0 Å². The molecule has 1 aromatic rings. The number of carbonyl (C=O) groups is 1. The van der Waals surface area contributed by atoms with Crippen LogP contribution in [0, 0.1) is 12.3 Å². The van der Waals surface area contributed by atoms with Crippen LogP contribution in [0.3, 0.4) is 0 Å². The predicted octanol–water partition coefficient (Wildman–Crippen LogP) is 2.35. The molecule has 1 heterocycles. The molecule has 0 radical (unpaired) electrons. The van der Waals surface area contributed by atoms with E-state index < -0.39 is 5.41 Å². The number of hydrogen-bond donors (Lipinski definition) is 2. The molecule has 1 aliphatic heterocycles. The molecule has 1 saturated heterocycles. The van der Waals surface area contributed by atoms with Crippen molar-refractivity contribution in [3.63, 3.8) is 0 Å². The normalized spacial score (nSPS) is 17.3. The van der Waals surface area contributed by atoms with Crippen molar-refractivity contribution in [3.8, 4) is 5.75 Å². The molecular formula is C15H21ClN2O3. The maximum absolute atomic E-state index is 12.6. The van der Waals surface area contributed by atoms with Gasteiger partial charge in [-0.1, -0.05) is 11.6 Å². The molecule has 0 aliphatic carbocycles. The van der Waals surface area contributed by atoms with E-state index in [2.05, 4.69) is 5.32 Å². The Kier molecular flexibility index (Phi) is 5.08. The van der Waals surface area contributed by atoms with Crippen LogP contribution < -0.4 is 15.8 Å². The molecule has 1 aromatic carbocycles. The summed E-state index contributed by atoms with van der Waals surface area (Å²) in [5.74, 6) is 0.450. The van der Waals surface area contributed by atoms with Gasteiger partial charge in [0.2, 0.25) is 5.91 Å². The van der Waals surface area contributed by atoms with E-state index in [9.17, 15) is 4.79 Å². The second-order valence-electron chi connectivity index (χ2n) is 5.35. The quantitative estimate of drug-likeness (QED) is 0.895. The minimum absolute atomic E-state index is 0.0895. The number of amides is 1. The summed E-state index contributed by atoms with van der Waals surface area (Å²) >= 11 is 6.08. The topological polar surface area (TPSA) is 73.6 Å². The smallest absolute Gasteiger partial charge is 0.232 e. The first-order valence-electron chi connectivity index (χ1n) is 6.96. The van der Waals surface area contributed by atoms with Crippen LogP contribution in [0.4, 0.5) is 5.69 Å². The summed E-state index contributed by atoms with van der Waals surface area (Å²) in [5.41, 5.74) is 6.77. The van der Waals surface area contributed by atoms with Gasteiger partial charge in [0.1, 0.15) is 5.75 Å². The van der Waals surface area contributed by atoms with Crippen LogP contribution in [-0.4, -0.2) is 32.8 Å². The molecule has 116 valence electrons. The Balaban J connectivity index is 2.24. The van der Waals surface area contributed by atoms with Crippen molar-refractivity contribution < 1.29 is 14.3 Å². The fraction of sp³-hybridized carbons (Fsp3) is 0.533. The van der Waals surface area contributed by atoms with Gasteiger partial charge >= 0.3 is 0 Å². The summed E-state index contributed by atoms with van der Waals surface area (Å²) in [4.78, 5) is 12.6. The van der Waals surface area contributed by atoms with Gasteiger partial charge in [-0.15, -0.1) is 0 Å². The van der Waals surface area contributed by atoms with Gasteiger partial charge in [-0.25, -0.2) is 0 Å². The van der Waals surface area contributed by atoms with Crippen molar-refractivity contribution >= 4 is 23.2 Å².